The number of hydrogen-bond donors (Lipinski definition) is 0. The van der Waals surface area contributed by atoms with Gasteiger partial charge < -0.3 is 4.74 Å². The van der Waals surface area contributed by atoms with E-state index in [2.05, 4.69) is 0 Å². The lowest BCUT2D eigenvalue weighted by Gasteiger charge is -2.17. The van der Waals surface area contributed by atoms with Gasteiger partial charge in [-0.3, -0.25) is 0 Å². The molecular weight excluding hydrogens is 301 g/mol. The number of rotatable bonds is 4. The third-order valence-electron chi connectivity index (χ3n) is 3.02. The van der Waals surface area contributed by atoms with E-state index in [9.17, 15) is 13.2 Å². The molecule has 0 amide bonds. The molecule has 1 atom stereocenters. The van der Waals surface area contributed by atoms with Crippen LogP contribution in [0.3, 0.4) is 0 Å². The van der Waals surface area contributed by atoms with Gasteiger partial charge in [-0.1, -0.05) is 30.3 Å². The molecule has 1 unspecified atom stereocenters. The van der Waals surface area contributed by atoms with Gasteiger partial charge in [-0.2, -0.15) is 13.2 Å². The maximum Gasteiger partial charge on any atom is 0.416 e. The van der Waals surface area contributed by atoms with E-state index in [1.165, 1.54) is 12.1 Å². The number of alkyl halides is 4. The van der Waals surface area contributed by atoms with Crippen molar-refractivity contribution in [3.8, 4) is 5.75 Å². The zero-order valence-corrected chi connectivity index (χ0v) is 12.1. The van der Waals surface area contributed by atoms with Gasteiger partial charge in [0.2, 0.25) is 0 Å². The number of benzene rings is 2. The first-order valence-corrected chi connectivity index (χ1v) is 6.90. The zero-order valence-electron chi connectivity index (χ0n) is 11.3. The number of halogens is 4. The molecule has 2 rings (SSSR count). The van der Waals surface area contributed by atoms with Crippen LogP contribution in [0.2, 0.25) is 0 Å². The van der Waals surface area contributed by atoms with Gasteiger partial charge in [0.1, 0.15) is 5.75 Å². The molecule has 0 fully saturated rings. The molecule has 0 saturated heterocycles. The van der Waals surface area contributed by atoms with E-state index in [1.807, 2.05) is 6.92 Å². The van der Waals surface area contributed by atoms with Gasteiger partial charge in [0, 0.05) is 0 Å². The first-order chi connectivity index (χ1) is 9.93. The van der Waals surface area contributed by atoms with Crippen LogP contribution in [-0.4, -0.2) is 6.61 Å². The van der Waals surface area contributed by atoms with E-state index in [0.717, 1.165) is 6.07 Å². The summed E-state index contributed by atoms with van der Waals surface area (Å²) in [5.41, 5.74) is -0.0634. The molecule has 2 aromatic rings. The molecular formula is C16H14ClF3O. The molecule has 0 aliphatic heterocycles. The van der Waals surface area contributed by atoms with Crippen LogP contribution in [0, 0.1) is 0 Å². The van der Waals surface area contributed by atoms with E-state index in [0.29, 0.717) is 17.9 Å². The van der Waals surface area contributed by atoms with Crippen molar-refractivity contribution in [2.45, 2.75) is 18.5 Å². The van der Waals surface area contributed by atoms with Crippen molar-refractivity contribution in [2.24, 2.45) is 0 Å². The fourth-order valence-corrected chi connectivity index (χ4v) is 2.39. The number of hydrogen-bond acceptors (Lipinski definition) is 1. The molecule has 0 bridgehead atoms. The molecule has 5 heteroatoms. The van der Waals surface area contributed by atoms with Crippen LogP contribution in [-0.2, 0) is 6.18 Å². The number of ether oxygens (including phenoxy) is 1. The zero-order chi connectivity index (χ0) is 15.5. The molecule has 1 nitrogen and oxygen atoms in total. The Kier molecular flexibility index (Phi) is 4.78. The highest BCUT2D eigenvalue weighted by molar-refractivity contribution is 6.22. The third-order valence-corrected chi connectivity index (χ3v) is 3.51. The monoisotopic (exact) mass is 314 g/mol. The predicted molar refractivity (Wildman–Crippen MR) is 76.8 cm³/mol. The Morgan fingerprint density at radius 3 is 2.24 bits per heavy atom. The maximum absolute atomic E-state index is 13.0. The molecule has 0 aliphatic rings. The van der Waals surface area contributed by atoms with Crippen molar-refractivity contribution in [1.82, 2.24) is 0 Å². The van der Waals surface area contributed by atoms with Crippen molar-refractivity contribution < 1.29 is 17.9 Å². The third kappa shape index (κ3) is 3.70. The largest absolute Gasteiger partial charge is 0.494 e. The van der Waals surface area contributed by atoms with Crippen molar-refractivity contribution >= 4 is 11.6 Å². The van der Waals surface area contributed by atoms with Crippen molar-refractivity contribution in [3.63, 3.8) is 0 Å². The van der Waals surface area contributed by atoms with Gasteiger partial charge in [-0.05, 0) is 36.2 Å². The van der Waals surface area contributed by atoms with Crippen LogP contribution in [0.1, 0.15) is 29.0 Å². The van der Waals surface area contributed by atoms with Gasteiger partial charge in [0.25, 0.3) is 0 Å². The Morgan fingerprint density at radius 2 is 1.67 bits per heavy atom. The van der Waals surface area contributed by atoms with Gasteiger partial charge >= 0.3 is 6.18 Å². The highest BCUT2D eigenvalue weighted by Gasteiger charge is 2.34. The van der Waals surface area contributed by atoms with E-state index >= 15 is 0 Å². The summed E-state index contributed by atoms with van der Waals surface area (Å²) < 4.78 is 44.3. The van der Waals surface area contributed by atoms with Gasteiger partial charge in [0.15, 0.2) is 0 Å². The molecule has 0 saturated carbocycles. The summed E-state index contributed by atoms with van der Waals surface area (Å²) in [7, 11) is 0. The summed E-state index contributed by atoms with van der Waals surface area (Å²) >= 11 is 6.23. The minimum atomic E-state index is -4.42. The minimum Gasteiger partial charge on any atom is -0.494 e. The molecule has 2 aromatic carbocycles. The fourth-order valence-electron chi connectivity index (χ4n) is 2.06. The van der Waals surface area contributed by atoms with E-state index in [-0.39, 0.29) is 5.56 Å². The van der Waals surface area contributed by atoms with Crippen molar-refractivity contribution in [1.29, 1.82) is 0 Å². The van der Waals surface area contributed by atoms with Crippen molar-refractivity contribution in [2.75, 3.05) is 6.61 Å². The van der Waals surface area contributed by atoms with Crippen molar-refractivity contribution in [3.05, 3.63) is 65.2 Å². The quantitative estimate of drug-likeness (QED) is 0.683. The lowest BCUT2D eigenvalue weighted by Crippen LogP contribution is -2.10. The standard InChI is InChI=1S/C16H14ClF3O/c1-2-21-12-9-7-11(8-10-12)15(17)13-5-3-4-6-14(13)16(18,19)20/h3-10,15H,2H2,1H3. The Bertz CT molecular complexity index is 593. The molecule has 112 valence electrons. The van der Waals surface area contributed by atoms with E-state index in [1.54, 1.807) is 30.3 Å². The Balaban J connectivity index is 2.34. The first-order valence-electron chi connectivity index (χ1n) is 6.46. The molecule has 21 heavy (non-hydrogen) atoms. The average molecular weight is 315 g/mol. The summed E-state index contributed by atoms with van der Waals surface area (Å²) in [6, 6.07) is 12.1. The second-order valence-electron chi connectivity index (χ2n) is 4.45. The van der Waals surface area contributed by atoms with Crippen LogP contribution in [0.15, 0.2) is 48.5 Å². The second-order valence-corrected chi connectivity index (χ2v) is 4.89. The van der Waals surface area contributed by atoms with E-state index in [4.69, 9.17) is 16.3 Å². The molecule has 0 spiro atoms. The van der Waals surface area contributed by atoms with E-state index < -0.39 is 17.1 Å². The summed E-state index contributed by atoms with van der Waals surface area (Å²) in [4.78, 5) is 0. The van der Waals surface area contributed by atoms with Crippen LogP contribution in [0.25, 0.3) is 0 Å². The first kappa shape index (κ1) is 15.7. The fraction of sp³-hybridized carbons (Fsp3) is 0.250. The molecule has 0 aliphatic carbocycles. The normalized spacial score (nSPS) is 13.0. The lowest BCUT2D eigenvalue weighted by molar-refractivity contribution is -0.138. The van der Waals surface area contributed by atoms with Crippen LogP contribution >= 0.6 is 11.6 Å². The van der Waals surface area contributed by atoms with Gasteiger partial charge in [-0.25, -0.2) is 0 Å². The lowest BCUT2D eigenvalue weighted by atomic mass is 9.99. The average Bonchev–Trinajstić information content (AvgIpc) is 2.47. The van der Waals surface area contributed by atoms with Gasteiger partial charge in [-0.15, -0.1) is 11.6 Å². The predicted octanol–water partition coefficient (Wildman–Crippen LogP) is 5.43. The summed E-state index contributed by atoms with van der Waals surface area (Å²) in [6.45, 7) is 2.39. The topological polar surface area (TPSA) is 9.23 Å². The SMILES string of the molecule is CCOc1ccc(C(Cl)c2ccccc2C(F)(F)F)cc1. The summed E-state index contributed by atoms with van der Waals surface area (Å²) in [5, 5.41) is -0.862. The van der Waals surface area contributed by atoms with Crippen LogP contribution in [0.5, 0.6) is 5.75 Å². The molecule has 0 N–H and O–H groups in total. The second kappa shape index (κ2) is 6.39. The molecule has 0 radical (unpaired) electrons. The van der Waals surface area contributed by atoms with Gasteiger partial charge in [0.05, 0.1) is 17.5 Å². The Morgan fingerprint density at radius 1 is 1.05 bits per heavy atom. The van der Waals surface area contributed by atoms with Crippen LogP contribution < -0.4 is 4.74 Å². The molecule has 0 aromatic heterocycles. The highest BCUT2D eigenvalue weighted by atomic mass is 35.5. The smallest absolute Gasteiger partial charge is 0.416 e. The summed E-state index contributed by atoms with van der Waals surface area (Å²) in [5.74, 6) is 0.661. The molecule has 0 heterocycles. The Labute approximate surface area is 126 Å². The maximum atomic E-state index is 13.0. The Hall–Kier alpha value is -1.68. The summed E-state index contributed by atoms with van der Waals surface area (Å²) in [6.07, 6.45) is -4.42. The van der Waals surface area contributed by atoms with Crippen LogP contribution in [0.4, 0.5) is 13.2 Å². The highest BCUT2D eigenvalue weighted by Crippen LogP contribution is 2.39. The minimum absolute atomic E-state index is 0.0517.